The average molecular weight is 295 g/mol. The molecule has 0 aliphatic heterocycles. The van der Waals surface area contributed by atoms with E-state index in [4.69, 9.17) is 10.5 Å². The van der Waals surface area contributed by atoms with E-state index in [2.05, 4.69) is 0 Å². The molecule has 0 aliphatic carbocycles. The Morgan fingerprint density at radius 3 is 2.24 bits per heavy atom. The summed E-state index contributed by atoms with van der Waals surface area (Å²) in [6, 6.07) is 8.55. The first-order chi connectivity index (χ1) is 9.82. The lowest BCUT2D eigenvalue weighted by Crippen LogP contribution is -2.08. The summed E-state index contributed by atoms with van der Waals surface area (Å²) in [5.74, 6) is -0.0143. The van der Waals surface area contributed by atoms with Crippen LogP contribution in [0.25, 0.3) is 0 Å². The van der Waals surface area contributed by atoms with Gasteiger partial charge >= 0.3 is 6.18 Å². The van der Waals surface area contributed by atoms with Gasteiger partial charge in [-0.2, -0.15) is 13.2 Å². The molecule has 0 saturated heterocycles. The average Bonchev–Trinajstić information content (AvgIpc) is 2.46. The molecule has 0 atom stereocenters. The van der Waals surface area contributed by atoms with Crippen LogP contribution in [0.1, 0.15) is 21.5 Å². The molecule has 2 aromatic rings. The van der Waals surface area contributed by atoms with Crippen molar-refractivity contribution in [3.05, 3.63) is 59.2 Å². The van der Waals surface area contributed by atoms with Gasteiger partial charge in [0.05, 0.1) is 12.7 Å². The first-order valence-electron chi connectivity index (χ1n) is 5.98. The molecule has 0 spiro atoms. The van der Waals surface area contributed by atoms with E-state index in [1.54, 1.807) is 6.07 Å². The lowest BCUT2D eigenvalue weighted by atomic mass is 10.0. The summed E-state index contributed by atoms with van der Waals surface area (Å²) in [5, 5.41) is 0. The standard InChI is InChI=1S/C15H12F3NO2/c1-21-11-6-7-13(19)12(8-11)14(20)9-2-4-10(5-3-9)15(16,17)18/h2-8H,19H2,1H3. The number of hydrogen-bond donors (Lipinski definition) is 1. The number of halogens is 3. The molecule has 0 saturated carbocycles. The van der Waals surface area contributed by atoms with Gasteiger partial charge in [-0.05, 0) is 30.3 Å². The zero-order chi connectivity index (χ0) is 15.6. The van der Waals surface area contributed by atoms with Crippen molar-refractivity contribution in [1.29, 1.82) is 0 Å². The van der Waals surface area contributed by atoms with E-state index in [1.807, 2.05) is 0 Å². The van der Waals surface area contributed by atoms with E-state index in [-0.39, 0.29) is 16.8 Å². The Kier molecular flexibility index (Phi) is 3.88. The van der Waals surface area contributed by atoms with Gasteiger partial charge in [-0.25, -0.2) is 0 Å². The normalized spacial score (nSPS) is 11.2. The molecule has 6 heteroatoms. The van der Waals surface area contributed by atoms with Gasteiger partial charge in [0, 0.05) is 16.8 Å². The van der Waals surface area contributed by atoms with Crippen LogP contribution in [0.3, 0.4) is 0 Å². The predicted molar refractivity (Wildman–Crippen MR) is 72.3 cm³/mol. The lowest BCUT2D eigenvalue weighted by molar-refractivity contribution is -0.137. The summed E-state index contributed by atoms with van der Waals surface area (Å²) in [5.41, 5.74) is 5.47. The van der Waals surface area contributed by atoms with Crippen molar-refractivity contribution in [1.82, 2.24) is 0 Å². The summed E-state index contributed by atoms with van der Waals surface area (Å²) < 4.78 is 42.5. The minimum absolute atomic E-state index is 0.128. The molecule has 0 unspecified atom stereocenters. The zero-order valence-electron chi connectivity index (χ0n) is 11.1. The van der Waals surface area contributed by atoms with Crippen molar-refractivity contribution in [2.24, 2.45) is 0 Å². The number of carbonyl (C=O) groups is 1. The maximum Gasteiger partial charge on any atom is 0.416 e. The first-order valence-corrected chi connectivity index (χ1v) is 5.98. The number of rotatable bonds is 3. The highest BCUT2D eigenvalue weighted by molar-refractivity contribution is 6.12. The molecule has 3 nitrogen and oxygen atoms in total. The second-order valence-corrected chi connectivity index (χ2v) is 4.36. The molecule has 110 valence electrons. The van der Waals surface area contributed by atoms with Crippen LogP contribution in [0.2, 0.25) is 0 Å². The predicted octanol–water partition coefficient (Wildman–Crippen LogP) is 3.53. The van der Waals surface area contributed by atoms with Crippen molar-refractivity contribution >= 4 is 11.5 Å². The molecule has 2 N–H and O–H groups in total. The first kappa shape index (κ1) is 14.9. The van der Waals surface area contributed by atoms with Gasteiger partial charge in [-0.15, -0.1) is 0 Å². The third-order valence-corrected chi connectivity index (χ3v) is 2.98. The topological polar surface area (TPSA) is 52.3 Å². The number of anilines is 1. The summed E-state index contributed by atoms with van der Waals surface area (Å²) in [7, 11) is 1.44. The van der Waals surface area contributed by atoms with E-state index in [0.29, 0.717) is 5.75 Å². The quantitative estimate of drug-likeness (QED) is 0.696. The number of alkyl halides is 3. The second-order valence-electron chi connectivity index (χ2n) is 4.36. The van der Waals surface area contributed by atoms with Crippen LogP contribution in [-0.2, 0) is 6.18 Å². The van der Waals surface area contributed by atoms with Gasteiger partial charge in [0.2, 0.25) is 0 Å². The molecule has 0 amide bonds. The summed E-state index contributed by atoms with van der Waals surface area (Å²) >= 11 is 0. The number of hydrogen-bond acceptors (Lipinski definition) is 3. The molecule has 2 aromatic carbocycles. The Balaban J connectivity index is 2.36. The zero-order valence-corrected chi connectivity index (χ0v) is 11.1. The van der Waals surface area contributed by atoms with Gasteiger partial charge in [-0.1, -0.05) is 12.1 Å². The van der Waals surface area contributed by atoms with Crippen LogP contribution in [0.15, 0.2) is 42.5 Å². The van der Waals surface area contributed by atoms with Crippen molar-refractivity contribution in [2.75, 3.05) is 12.8 Å². The fraction of sp³-hybridized carbons (Fsp3) is 0.133. The highest BCUT2D eigenvalue weighted by Gasteiger charge is 2.30. The van der Waals surface area contributed by atoms with E-state index in [1.165, 1.54) is 19.2 Å². The van der Waals surface area contributed by atoms with Crippen molar-refractivity contribution in [3.8, 4) is 5.75 Å². The number of benzene rings is 2. The minimum Gasteiger partial charge on any atom is -0.497 e. The van der Waals surface area contributed by atoms with E-state index >= 15 is 0 Å². The second kappa shape index (κ2) is 5.47. The van der Waals surface area contributed by atoms with E-state index in [9.17, 15) is 18.0 Å². The van der Waals surface area contributed by atoms with Crippen LogP contribution in [0.4, 0.5) is 18.9 Å². The van der Waals surface area contributed by atoms with Gasteiger partial charge < -0.3 is 10.5 Å². The highest BCUT2D eigenvalue weighted by atomic mass is 19.4. The fourth-order valence-electron chi connectivity index (χ4n) is 1.83. The number of nitrogens with two attached hydrogens (primary N) is 1. The summed E-state index contributed by atoms with van der Waals surface area (Å²) in [6.07, 6.45) is -4.43. The van der Waals surface area contributed by atoms with Crippen LogP contribution in [0, 0.1) is 0 Å². The molecular weight excluding hydrogens is 283 g/mol. The van der Waals surface area contributed by atoms with Gasteiger partial charge in [-0.3, -0.25) is 4.79 Å². The van der Waals surface area contributed by atoms with Crippen molar-refractivity contribution in [2.45, 2.75) is 6.18 Å². The van der Waals surface area contributed by atoms with Crippen molar-refractivity contribution < 1.29 is 22.7 Å². The Bertz CT molecular complexity index is 664. The largest absolute Gasteiger partial charge is 0.497 e. The third-order valence-electron chi connectivity index (χ3n) is 2.98. The number of nitrogen functional groups attached to an aromatic ring is 1. The van der Waals surface area contributed by atoms with Crippen LogP contribution in [-0.4, -0.2) is 12.9 Å². The number of methoxy groups -OCH3 is 1. The molecule has 0 bridgehead atoms. The van der Waals surface area contributed by atoms with Gasteiger partial charge in [0.1, 0.15) is 5.75 Å². The molecular formula is C15H12F3NO2. The highest BCUT2D eigenvalue weighted by Crippen LogP contribution is 2.30. The van der Waals surface area contributed by atoms with Gasteiger partial charge in [0.15, 0.2) is 5.78 Å². The smallest absolute Gasteiger partial charge is 0.416 e. The Hall–Kier alpha value is -2.50. The molecule has 21 heavy (non-hydrogen) atoms. The lowest BCUT2D eigenvalue weighted by Gasteiger charge is -2.09. The Morgan fingerprint density at radius 2 is 1.71 bits per heavy atom. The van der Waals surface area contributed by atoms with Crippen molar-refractivity contribution in [3.63, 3.8) is 0 Å². The maximum absolute atomic E-state index is 12.5. The van der Waals surface area contributed by atoms with Crippen LogP contribution < -0.4 is 10.5 Å². The molecule has 0 heterocycles. The summed E-state index contributed by atoms with van der Waals surface area (Å²) in [6.45, 7) is 0. The van der Waals surface area contributed by atoms with Gasteiger partial charge in [0.25, 0.3) is 0 Å². The maximum atomic E-state index is 12.5. The van der Waals surface area contributed by atoms with Crippen LogP contribution in [0.5, 0.6) is 5.75 Å². The SMILES string of the molecule is COc1ccc(N)c(C(=O)c2ccc(C(F)(F)F)cc2)c1. The number of carbonyl (C=O) groups excluding carboxylic acids is 1. The molecule has 0 radical (unpaired) electrons. The Morgan fingerprint density at radius 1 is 1.10 bits per heavy atom. The molecule has 0 aromatic heterocycles. The monoisotopic (exact) mass is 295 g/mol. The minimum atomic E-state index is -4.43. The molecule has 0 aliphatic rings. The number of ketones is 1. The Labute approximate surface area is 119 Å². The molecule has 0 fully saturated rings. The number of ether oxygens (including phenoxy) is 1. The van der Waals surface area contributed by atoms with Crippen LogP contribution >= 0.6 is 0 Å². The summed E-state index contributed by atoms with van der Waals surface area (Å²) in [4.78, 5) is 12.3. The van der Waals surface area contributed by atoms with E-state index < -0.39 is 17.5 Å². The van der Waals surface area contributed by atoms with E-state index in [0.717, 1.165) is 24.3 Å². The fourth-order valence-corrected chi connectivity index (χ4v) is 1.83. The third kappa shape index (κ3) is 3.16. The molecule has 2 rings (SSSR count).